The molecule has 3 aromatic rings. The maximum atomic E-state index is 13.7. The summed E-state index contributed by atoms with van der Waals surface area (Å²) < 4.78 is 19.2. The lowest BCUT2D eigenvalue weighted by Gasteiger charge is -2.42. The number of halogens is 1. The van der Waals surface area contributed by atoms with Crippen LogP contribution in [0.2, 0.25) is 0 Å². The molecule has 0 bridgehead atoms. The molecule has 1 saturated heterocycles. The minimum absolute atomic E-state index is 0.00681. The number of benzene rings is 3. The van der Waals surface area contributed by atoms with Gasteiger partial charge in [0.1, 0.15) is 23.9 Å². The number of nitrogens with zero attached hydrogens (tertiary/aromatic N) is 2. The maximum absolute atomic E-state index is 13.7. The highest BCUT2D eigenvalue weighted by Gasteiger charge is 2.32. The van der Waals surface area contributed by atoms with E-state index >= 15 is 0 Å². The zero-order valence-electron chi connectivity index (χ0n) is 20.8. The SMILES string of the molecule is C[C@H](O)COc1ccc(N2CCC(C[C@H](C)c3ccc(C#N)cc3)C[C@H]2c2ccc(F)cc2)c(O)c1. The summed E-state index contributed by atoms with van der Waals surface area (Å²) in [6.45, 7) is 4.78. The quantitative estimate of drug-likeness (QED) is 0.388. The Bertz CT molecular complexity index is 1190. The van der Waals surface area contributed by atoms with Gasteiger partial charge in [0.2, 0.25) is 0 Å². The summed E-state index contributed by atoms with van der Waals surface area (Å²) in [7, 11) is 0. The van der Waals surface area contributed by atoms with Crippen molar-refractivity contribution in [3.05, 3.63) is 89.2 Å². The summed E-state index contributed by atoms with van der Waals surface area (Å²) >= 11 is 0. The molecule has 0 aliphatic carbocycles. The van der Waals surface area contributed by atoms with Crippen LogP contribution in [0.4, 0.5) is 10.1 Å². The highest BCUT2D eigenvalue weighted by Crippen LogP contribution is 2.44. The zero-order chi connectivity index (χ0) is 25.7. The predicted octanol–water partition coefficient (Wildman–Crippen LogP) is 6.31. The predicted molar refractivity (Wildman–Crippen MR) is 139 cm³/mol. The second-order valence-corrected chi connectivity index (χ2v) is 9.83. The Labute approximate surface area is 212 Å². The van der Waals surface area contributed by atoms with Gasteiger partial charge in [0.25, 0.3) is 0 Å². The number of ether oxygens (including phenoxy) is 1. The van der Waals surface area contributed by atoms with Crippen molar-refractivity contribution in [2.24, 2.45) is 5.92 Å². The Morgan fingerprint density at radius 2 is 1.81 bits per heavy atom. The lowest BCUT2D eigenvalue weighted by Crippen LogP contribution is -2.37. The van der Waals surface area contributed by atoms with Crippen molar-refractivity contribution in [2.75, 3.05) is 18.1 Å². The number of aliphatic hydroxyl groups is 1. The molecule has 5 nitrogen and oxygen atoms in total. The Balaban J connectivity index is 1.54. The third-order valence-electron chi connectivity index (χ3n) is 7.01. The van der Waals surface area contributed by atoms with Crippen molar-refractivity contribution >= 4 is 5.69 Å². The summed E-state index contributed by atoms with van der Waals surface area (Å²) in [6.07, 6.45) is 2.26. The molecule has 3 aromatic carbocycles. The zero-order valence-corrected chi connectivity index (χ0v) is 20.8. The van der Waals surface area contributed by atoms with Crippen molar-refractivity contribution in [1.29, 1.82) is 5.26 Å². The number of rotatable bonds is 8. The molecule has 4 atom stereocenters. The highest BCUT2D eigenvalue weighted by atomic mass is 19.1. The van der Waals surface area contributed by atoms with Gasteiger partial charge in [-0.3, -0.25) is 0 Å². The molecular formula is C30H33FN2O3. The molecule has 36 heavy (non-hydrogen) atoms. The van der Waals surface area contributed by atoms with E-state index in [1.54, 1.807) is 19.1 Å². The molecule has 1 aliphatic heterocycles. The Hall–Kier alpha value is -3.56. The van der Waals surface area contributed by atoms with Crippen LogP contribution in [-0.2, 0) is 0 Å². The van der Waals surface area contributed by atoms with Crippen LogP contribution >= 0.6 is 0 Å². The van der Waals surface area contributed by atoms with Crippen LogP contribution in [0.25, 0.3) is 0 Å². The van der Waals surface area contributed by atoms with Crippen LogP contribution in [0.3, 0.4) is 0 Å². The second-order valence-electron chi connectivity index (χ2n) is 9.83. The fraction of sp³-hybridized carbons (Fsp3) is 0.367. The van der Waals surface area contributed by atoms with Gasteiger partial charge in [-0.25, -0.2) is 4.39 Å². The molecule has 6 heteroatoms. The lowest BCUT2D eigenvalue weighted by molar-refractivity contribution is 0.122. The largest absolute Gasteiger partial charge is 0.506 e. The molecule has 188 valence electrons. The van der Waals surface area contributed by atoms with Crippen LogP contribution in [-0.4, -0.2) is 29.5 Å². The first-order valence-corrected chi connectivity index (χ1v) is 12.5. The molecular weight excluding hydrogens is 455 g/mol. The summed E-state index contributed by atoms with van der Waals surface area (Å²) in [5.74, 6) is 1.16. The minimum atomic E-state index is -0.597. The third kappa shape index (κ3) is 6.16. The molecule has 1 unspecified atom stereocenters. The number of anilines is 1. The van der Waals surface area contributed by atoms with Gasteiger partial charge < -0.3 is 19.8 Å². The van der Waals surface area contributed by atoms with Crippen molar-refractivity contribution in [2.45, 2.75) is 51.2 Å². The van der Waals surface area contributed by atoms with E-state index in [9.17, 15) is 14.6 Å². The van der Waals surface area contributed by atoms with Gasteiger partial charge in [0.15, 0.2) is 0 Å². The van der Waals surface area contributed by atoms with Gasteiger partial charge >= 0.3 is 0 Å². The van der Waals surface area contributed by atoms with Gasteiger partial charge in [-0.15, -0.1) is 0 Å². The van der Waals surface area contributed by atoms with Crippen molar-refractivity contribution in [3.8, 4) is 17.6 Å². The molecule has 4 rings (SSSR count). The van der Waals surface area contributed by atoms with E-state index in [1.165, 1.54) is 17.7 Å². The van der Waals surface area contributed by atoms with E-state index in [0.29, 0.717) is 28.8 Å². The van der Waals surface area contributed by atoms with Gasteiger partial charge in [0, 0.05) is 12.6 Å². The van der Waals surface area contributed by atoms with E-state index in [-0.39, 0.29) is 24.2 Å². The van der Waals surface area contributed by atoms with Gasteiger partial charge in [-0.1, -0.05) is 31.2 Å². The summed E-state index contributed by atoms with van der Waals surface area (Å²) in [6, 6.07) is 21.8. The van der Waals surface area contributed by atoms with E-state index in [4.69, 9.17) is 10.00 Å². The summed E-state index contributed by atoms with van der Waals surface area (Å²) in [5, 5.41) is 29.4. The maximum Gasteiger partial charge on any atom is 0.142 e. The van der Waals surface area contributed by atoms with E-state index in [0.717, 1.165) is 31.4 Å². The van der Waals surface area contributed by atoms with Crippen LogP contribution in [0, 0.1) is 23.1 Å². The fourth-order valence-electron chi connectivity index (χ4n) is 5.12. The van der Waals surface area contributed by atoms with E-state index in [1.807, 2.05) is 42.5 Å². The molecule has 1 heterocycles. The number of phenols is 1. The number of aromatic hydroxyl groups is 1. The van der Waals surface area contributed by atoms with Gasteiger partial charge in [-0.05, 0) is 85.5 Å². The average Bonchev–Trinajstić information content (AvgIpc) is 2.88. The number of hydrogen-bond acceptors (Lipinski definition) is 5. The molecule has 0 aromatic heterocycles. The standard InChI is InChI=1S/C30H33FN2O3/c1-20(24-5-3-22(18-32)4-6-24)15-23-13-14-33(29(16-23)25-7-9-26(31)10-8-25)28-12-11-27(17-30(28)35)36-19-21(2)34/h3-12,17,20-21,23,29,34-35H,13-16,19H2,1-2H3/t20-,21-,23?,29-/m0/s1. The molecule has 1 aliphatic rings. The van der Waals surface area contributed by atoms with E-state index < -0.39 is 6.10 Å². The smallest absolute Gasteiger partial charge is 0.142 e. The first kappa shape index (κ1) is 25.5. The number of nitriles is 1. The minimum Gasteiger partial charge on any atom is -0.506 e. The number of hydrogen-bond donors (Lipinski definition) is 2. The van der Waals surface area contributed by atoms with Crippen LogP contribution in [0.15, 0.2) is 66.7 Å². The number of piperidine rings is 1. The number of aliphatic hydroxyl groups excluding tert-OH is 1. The Morgan fingerprint density at radius 3 is 2.44 bits per heavy atom. The summed E-state index contributed by atoms with van der Waals surface area (Å²) in [5.41, 5.74) is 3.62. The lowest BCUT2D eigenvalue weighted by atomic mass is 9.80. The first-order chi connectivity index (χ1) is 17.3. The normalized spacial score (nSPS) is 19.4. The van der Waals surface area contributed by atoms with Crippen LogP contribution in [0.5, 0.6) is 11.5 Å². The molecule has 1 fully saturated rings. The highest BCUT2D eigenvalue weighted by molar-refractivity contribution is 5.62. The Kier molecular flexibility index (Phi) is 8.12. The number of phenolic OH excluding ortho intramolecular Hbond substituents is 1. The Morgan fingerprint density at radius 1 is 1.08 bits per heavy atom. The monoisotopic (exact) mass is 488 g/mol. The van der Waals surface area contributed by atoms with Crippen molar-refractivity contribution < 1.29 is 19.3 Å². The first-order valence-electron chi connectivity index (χ1n) is 12.5. The van der Waals surface area contributed by atoms with Gasteiger partial charge in [-0.2, -0.15) is 5.26 Å². The average molecular weight is 489 g/mol. The van der Waals surface area contributed by atoms with Crippen molar-refractivity contribution in [1.82, 2.24) is 0 Å². The van der Waals surface area contributed by atoms with Crippen LogP contribution < -0.4 is 9.64 Å². The molecule has 2 N–H and O–H groups in total. The fourth-order valence-corrected chi connectivity index (χ4v) is 5.12. The summed E-state index contributed by atoms with van der Waals surface area (Å²) in [4.78, 5) is 2.20. The van der Waals surface area contributed by atoms with E-state index in [2.05, 4.69) is 17.9 Å². The molecule has 0 radical (unpaired) electrons. The topological polar surface area (TPSA) is 76.7 Å². The molecule has 0 saturated carbocycles. The second kappa shape index (κ2) is 11.5. The third-order valence-corrected chi connectivity index (χ3v) is 7.01. The van der Waals surface area contributed by atoms with Crippen molar-refractivity contribution in [3.63, 3.8) is 0 Å². The van der Waals surface area contributed by atoms with Gasteiger partial charge in [0.05, 0.1) is 29.5 Å². The van der Waals surface area contributed by atoms with Crippen LogP contribution in [0.1, 0.15) is 61.8 Å². The molecule has 0 spiro atoms. The molecule has 0 amide bonds.